The van der Waals surface area contributed by atoms with Crippen molar-refractivity contribution in [2.75, 3.05) is 6.61 Å². The molecule has 0 unspecified atom stereocenters. The molecule has 1 rings (SSSR count). The molecule has 1 N–H and O–H groups in total. The number of ether oxygens (including phenoxy) is 1. The number of hydrogen-bond acceptors (Lipinski definition) is 5. The number of hydrogen-bond donors (Lipinski definition) is 1. The Bertz CT molecular complexity index is 589. The Morgan fingerprint density at radius 2 is 2.00 bits per heavy atom. The molecule has 120 valence electrons. The van der Waals surface area contributed by atoms with Gasteiger partial charge in [0.15, 0.2) is 6.61 Å². The molecule has 7 nitrogen and oxygen atoms in total. The molecular formula is C14H17BrN2O5. The van der Waals surface area contributed by atoms with Crippen molar-refractivity contribution in [2.45, 2.75) is 26.8 Å². The summed E-state index contributed by atoms with van der Waals surface area (Å²) in [6.07, 6.45) is 0. The van der Waals surface area contributed by atoms with E-state index in [0.717, 1.165) is 6.07 Å². The Balaban J connectivity index is 2.65. The van der Waals surface area contributed by atoms with Crippen LogP contribution in [0.25, 0.3) is 0 Å². The van der Waals surface area contributed by atoms with Gasteiger partial charge in [-0.2, -0.15) is 0 Å². The predicted octanol–water partition coefficient (Wildman–Crippen LogP) is 2.67. The predicted molar refractivity (Wildman–Crippen MR) is 83.5 cm³/mol. The minimum Gasteiger partial charge on any atom is -0.452 e. The number of carbonyl (C=O) groups excluding carboxylic acids is 2. The molecule has 0 spiro atoms. The number of nitro benzene ring substituents is 1. The fraction of sp³-hybridized carbons (Fsp3) is 0.429. The maximum Gasteiger partial charge on any atom is 0.338 e. The van der Waals surface area contributed by atoms with Crippen LogP contribution in [0.1, 0.15) is 31.1 Å². The third-order valence-electron chi connectivity index (χ3n) is 3.10. The van der Waals surface area contributed by atoms with Crippen molar-refractivity contribution < 1.29 is 19.2 Å². The number of carbonyl (C=O) groups is 2. The Labute approximate surface area is 136 Å². The molecule has 1 atom stereocenters. The second kappa shape index (κ2) is 7.88. The minimum atomic E-state index is -0.789. The van der Waals surface area contributed by atoms with E-state index in [1.165, 1.54) is 12.1 Å². The zero-order chi connectivity index (χ0) is 16.9. The summed E-state index contributed by atoms with van der Waals surface area (Å²) in [5.74, 6) is -0.946. The first-order valence-corrected chi connectivity index (χ1v) is 7.42. The normalized spacial score (nSPS) is 11.9. The van der Waals surface area contributed by atoms with Gasteiger partial charge in [0.1, 0.15) is 0 Å². The van der Waals surface area contributed by atoms with E-state index in [1.807, 2.05) is 20.8 Å². The van der Waals surface area contributed by atoms with E-state index >= 15 is 0 Å². The van der Waals surface area contributed by atoms with Crippen molar-refractivity contribution in [2.24, 2.45) is 5.92 Å². The molecule has 0 aliphatic rings. The topological polar surface area (TPSA) is 98.5 Å². The van der Waals surface area contributed by atoms with Crippen LogP contribution in [0.3, 0.4) is 0 Å². The summed E-state index contributed by atoms with van der Waals surface area (Å²) in [7, 11) is 0. The lowest BCUT2D eigenvalue weighted by atomic mass is 10.1. The fourth-order valence-electron chi connectivity index (χ4n) is 1.46. The SMILES string of the molecule is CC(C)[C@H](C)NC(=O)COC(=O)c1ccc(Br)c([N+](=O)[O-])c1. The number of nitro groups is 1. The third kappa shape index (κ3) is 5.10. The van der Waals surface area contributed by atoms with Crippen LogP contribution in [-0.2, 0) is 9.53 Å². The zero-order valence-corrected chi connectivity index (χ0v) is 14.0. The Morgan fingerprint density at radius 1 is 1.36 bits per heavy atom. The van der Waals surface area contributed by atoms with Gasteiger partial charge in [-0.25, -0.2) is 4.79 Å². The molecule has 1 aromatic carbocycles. The van der Waals surface area contributed by atoms with Crippen LogP contribution in [0.15, 0.2) is 22.7 Å². The Hall–Kier alpha value is -1.96. The summed E-state index contributed by atoms with van der Waals surface area (Å²) in [4.78, 5) is 33.6. The van der Waals surface area contributed by atoms with Crippen molar-refractivity contribution in [3.8, 4) is 0 Å². The first-order valence-electron chi connectivity index (χ1n) is 6.62. The molecule has 0 aromatic heterocycles. The molecule has 0 saturated carbocycles. The molecule has 8 heteroatoms. The average molecular weight is 373 g/mol. The maximum absolute atomic E-state index is 11.8. The summed E-state index contributed by atoms with van der Waals surface area (Å²) in [5.41, 5.74) is -0.230. The van der Waals surface area contributed by atoms with Crippen molar-refractivity contribution in [3.05, 3.63) is 38.3 Å². The largest absolute Gasteiger partial charge is 0.452 e. The maximum atomic E-state index is 11.8. The van der Waals surface area contributed by atoms with Gasteiger partial charge in [-0.1, -0.05) is 13.8 Å². The quantitative estimate of drug-likeness (QED) is 0.470. The van der Waals surface area contributed by atoms with Gasteiger partial charge in [0.2, 0.25) is 0 Å². The van der Waals surface area contributed by atoms with Crippen LogP contribution in [-0.4, -0.2) is 29.4 Å². The molecule has 22 heavy (non-hydrogen) atoms. The molecule has 0 radical (unpaired) electrons. The van der Waals surface area contributed by atoms with Crippen LogP contribution in [0.4, 0.5) is 5.69 Å². The lowest BCUT2D eigenvalue weighted by molar-refractivity contribution is -0.385. The van der Waals surface area contributed by atoms with Crippen molar-refractivity contribution in [1.29, 1.82) is 0 Å². The van der Waals surface area contributed by atoms with E-state index in [2.05, 4.69) is 21.2 Å². The highest BCUT2D eigenvalue weighted by Crippen LogP contribution is 2.25. The van der Waals surface area contributed by atoms with Crippen molar-refractivity contribution in [1.82, 2.24) is 5.32 Å². The van der Waals surface area contributed by atoms with E-state index in [0.29, 0.717) is 0 Å². The number of esters is 1. The zero-order valence-electron chi connectivity index (χ0n) is 12.5. The van der Waals surface area contributed by atoms with Gasteiger partial charge < -0.3 is 10.1 Å². The number of nitrogens with one attached hydrogen (secondary N) is 1. The molecule has 0 aliphatic heterocycles. The standard InChI is InChI=1S/C14H17BrN2O5/c1-8(2)9(3)16-13(18)7-22-14(19)10-4-5-11(15)12(6-10)17(20)21/h4-6,8-9H,7H2,1-3H3,(H,16,18)/t9-/m0/s1. The highest BCUT2D eigenvalue weighted by Gasteiger charge is 2.18. The molecule has 0 heterocycles. The fourth-order valence-corrected chi connectivity index (χ4v) is 1.85. The molecule has 0 aliphatic carbocycles. The van der Waals surface area contributed by atoms with Gasteiger partial charge >= 0.3 is 5.97 Å². The summed E-state index contributed by atoms with van der Waals surface area (Å²) < 4.78 is 5.12. The van der Waals surface area contributed by atoms with Crippen LogP contribution >= 0.6 is 15.9 Å². The molecule has 1 amide bonds. The molecule has 0 bridgehead atoms. The van der Waals surface area contributed by atoms with Gasteiger partial charge in [-0.3, -0.25) is 14.9 Å². The lowest BCUT2D eigenvalue weighted by Crippen LogP contribution is -2.38. The second-order valence-corrected chi connectivity index (χ2v) is 5.95. The molecule has 1 aromatic rings. The highest BCUT2D eigenvalue weighted by molar-refractivity contribution is 9.10. The number of benzene rings is 1. The second-order valence-electron chi connectivity index (χ2n) is 5.10. The summed E-state index contributed by atoms with van der Waals surface area (Å²) >= 11 is 3.03. The number of nitrogens with zero attached hydrogens (tertiary/aromatic N) is 1. The van der Waals surface area contributed by atoms with Crippen LogP contribution in [0.2, 0.25) is 0 Å². The first-order chi connectivity index (χ1) is 10.2. The van der Waals surface area contributed by atoms with E-state index < -0.39 is 23.4 Å². The van der Waals surface area contributed by atoms with Gasteiger partial charge in [0, 0.05) is 12.1 Å². The minimum absolute atomic E-state index is 0.0135. The summed E-state index contributed by atoms with van der Waals surface area (Å²) in [6.45, 7) is 5.33. The van der Waals surface area contributed by atoms with Gasteiger partial charge in [-0.15, -0.1) is 0 Å². The molecular weight excluding hydrogens is 356 g/mol. The van der Waals surface area contributed by atoms with Crippen molar-refractivity contribution >= 4 is 33.5 Å². The van der Waals surface area contributed by atoms with Crippen LogP contribution in [0.5, 0.6) is 0 Å². The number of rotatable bonds is 6. The van der Waals surface area contributed by atoms with Crippen molar-refractivity contribution in [3.63, 3.8) is 0 Å². The summed E-state index contributed by atoms with van der Waals surface area (Å²) in [5, 5.41) is 13.5. The van der Waals surface area contributed by atoms with Gasteiger partial charge in [0.05, 0.1) is 15.0 Å². The average Bonchev–Trinajstić information content (AvgIpc) is 2.44. The monoisotopic (exact) mass is 372 g/mol. The Morgan fingerprint density at radius 3 is 2.55 bits per heavy atom. The van der Waals surface area contributed by atoms with E-state index in [4.69, 9.17) is 4.74 Å². The first kappa shape index (κ1) is 18.1. The van der Waals surface area contributed by atoms with Crippen LogP contribution < -0.4 is 5.32 Å². The third-order valence-corrected chi connectivity index (χ3v) is 3.77. The smallest absolute Gasteiger partial charge is 0.338 e. The lowest BCUT2D eigenvalue weighted by Gasteiger charge is -2.17. The molecule has 0 fully saturated rings. The van der Waals surface area contributed by atoms with E-state index in [9.17, 15) is 19.7 Å². The molecule has 0 saturated heterocycles. The highest BCUT2D eigenvalue weighted by atomic mass is 79.9. The van der Waals surface area contributed by atoms with Crippen LogP contribution in [0, 0.1) is 16.0 Å². The number of amides is 1. The summed E-state index contributed by atoms with van der Waals surface area (Å²) in [6, 6.07) is 3.82. The number of halogens is 1. The van der Waals surface area contributed by atoms with Gasteiger partial charge in [0.25, 0.3) is 11.6 Å². The Kier molecular flexibility index (Phi) is 6.48. The van der Waals surface area contributed by atoms with Gasteiger partial charge in [-0.05, 0) is 40.9 Å². The van der Waals surface area contributed by atoms with E-state index in [-0.39, 0.29) is 27.7 Å². The van der Waals surface area contributed by atoms with E-state index in [1.54, 1.807) is 0 Å².